The number of hydrogen-bond acceptors (Lipinski definition) is 5. The Morgan fingerprint density at radius 1 is 0.971 bits per heavy atom. The lowest BCUT2D eigenvalue weighted by atomic mass is 10.2. The summed E-state index contributed by atoms with van der Waals surface area (Å²) in [6.45, 7) is 4.12. The van der Waals surface area contributed by atoms with Gasteiger partial charge >= 0.3 is 0 Å². The molecule has 0 unspecified atom stereocenters. The van der Waals surface area contributed by atoms with Gasteiger partial charge in [0.15, 0.2) is 0 Å². The minimum Gasteiger partial charge on any atom is -0.492 e. The normalized spacial score (nSPS) is 14.6. The zero-order chi connectivity index (χ0) is 24.1. The van der Waals surface area contributed by atoms with Gasteiger partial charge in [0.25, 0.3) is 5.91 Å². The van der Waals surface area contributed by atoms with Crippen LogP contribution in [0.25, 0.3) is 0 Å². The molecule has 0 spiro atoms. The SMILES string of the molecule is CCOc1ccc(S(=O)(=O)N2CCN(c3ccccc3)CC2)cc1NC(=O)c1cccc(Cl)c1. The van der Waals surface area contributed by atoms with E-state index in [0.29, 0.717) is 49.1 Å². The third-order valence-electron chi connectivity index (χ3n) is 5.58. The highest BCUT2D eigenvalue weighted by atomic mass is 35.5. The number of halogens is 1. The number of piperazine rings is 1. The van der Waals surface area contributed by atoms with E-state index in [4.69, 9.17) is 16.3 Å². The zero-order valence-electron chi connectivity index (χ0n) is 18.8. The molecule has 1 fully saturated rings. The average Bonchev–Trinajstić information content (AvgIpc) is 2.86. The number of rotatable bonds is 7. The van der Waals surface area contributed by atoms with E-state index in [1.54, 1.807) is 30.3 Å². The van der Waals surface area contributed by atoms with E-state index in [9.17, 15) is 13.2 Å². The van der Waals surface area contributed by atoms with Gasteiger partial charge in [-0.15, -0.1) is 0 Å². The fourth-order valence-corrected chi connectivity index (χ4v) is 5.49. The molecule has 9 heteroatoms. The van der Waals surface area contributed by atoms with Crippen LogP contribution in [0.5, 0.6) is 5.75 Å². The Morgan fingerprint density at radius 2 is 1.71 bits per heavy atom. The van der Waals surface area contributed by atoms with Gasteiger partial charge in [0, 0.05) is 42.5 Å². The van der Waals surface area contributed by atoms with Crippen molar-refractivity contribution >= 4 is 38.9 Å². The molecule has 3 aromatic rings. The lowest BCUT2D eigenvalue weighted by molar-refractivity contribution is 0.102. The Balaban J connectivity index is 1.54. The predicted octanol–water partition coefficient (Wildman–Crippen LogP) is 4.50. The number of sulfonamides is 1. The van der Waals surface area contributed by atoms with Crippen molar-refractivity contribution < 1.29 is 17.9 Å². The highest BCUT2D eigenvalue weighted by molar-refractivity contribution is 7.89. The van der Waals surface area contributed by atoms with Crippen molar-refractivity contribution in [2.24, 2.45) is 0 Å². The molecule has 0 aliphatic carbocycles. The third kappa shape index (κ3) is 5.35. The molecule has 0 aromatic heterocycles. The standard InChI is InChI=1S/C25H26ClN3O4S/c1-2-33-24-12-11-22(18-23(24)27-25(30)19-7-6-8-20(26)17-19)34(31,32)29-15-13-28(14-16-29)21-9-4-3-5-10-21/h3-12,17-18H,2,13-16H2,1H3,(H,27,30). The van der Waals surface area contributed by atoms with Crippen molar-refractivity contribution in [1.82, 2.24) is 4.31 Å². The van der Waals surface area contributed by atoms with Crippen LogP contribution in [0, 0.1) is 0 Å². The van der Waals surface area contributed by atoms with Crippen molar-refractivity contribution in [1.29, 1.82) is 0 Å². The summed E-state index contributed by atoms with van der Waals surface area (Å²) >= 11 is 6.00. The van der Waals surface area contributed by atoms with Crippen molar-refractivity contribution in [2.75, 3.05) is 43.0 Å². The summed E-state index contributed by atoms with van der Waals surface area (Å²) in [5.41, 5.74) is 1.72. The largest absolute Gasteiger partial charge is 0.492 e. The second-order valence-electron chi connectivity index (χ2n) is 7.78. The molecule has 1 saturated heterocycles. The molecule has 3 aromatic carbocycles. The summed E-state index contributed by atoms with van der Waals surface area (Å²) in [5.74, 6) is -0.0137. The number of hydrogen-bond donors (Lipinski definition) is 1. The summed E-state index contributed by atoms with van der Waals surface area (Å²) in [6, 6.07) is 21.0. The Hall–Kier alpha value is -3.07. The second-order valence-corrected chi connectivity index (χ2v) is 10.2. The molecular weight excluding hydrogens is 474 g/mol. The highest BCUT2D eigenvalue weighted by Gasteiger charge is 2.29. The van der Waals surface area contributed by atoms with E-state index in [1.807, 2.05) is 37.3 Å². The van der Waals surface area contributed by atoms with Gasteiger partial charge in [-0.1, -0.05) is 35.9 Å². The maximum absolute atomic E-state index is 13.4. The smallest absolute Gasteiger partial charge is 0.255 e. The summed E-state index contributed by atoms with van der Waals surface area (Å²) in [6.07, 6.45) is 0. The van der Waals surface area contributed by atoms with Crippen LogP contribution in [-0.2, 0) is 10.0 Å². The Labute approximate surface area is 205 Å². The van der Waals surface area contributed by atoms with Crippen molar-refractivity contribution in [3.63, 3.8) is 0 Å². The van der Waals surface area contributed by atoms with Gasteiger partial charge in [0.05, 0.1) is 17.2 Å². The first-order valence-electron chi connectivity index (χ1n) is 11.0. The predicted molar refractivity (Wildman–Crippen MR) is 134 cm³/mol. The first-order chi connectivity index (χ1) is 16.4. The van der Waals surface area contributed by atoms with Crippen LogP contribution in [0.15, 0.2) is 77.7 Å². The van der Waals surface area contributed by atoms with Crippen LogP contribution in [-0.4, -0.2) is 51.4 Å². The summed E-state index contributed by atoms with van der Waals surface area (Å²) in [7, 11) is -3.75. The number of nitrogens with one attached hydrogen (secondary N) is 1. The maximum Gasteiger partial charge on any atom is 0.255 e. The van der Waals surface area contributed by atoms with Crippen LogP contribution in [0.1, 0.15) is 17.3 Å². The van der Waals surface area contributed by atoms with Gasteiger partial charge in [-0.05, 0) is 55.5 Å². The Morgan fingerprint density at radius 3 is 2.38 bits per heavy atom. The molecule has 1 N–H and O–H groups in total. The topological polar surface area (TPSA) is 79.0 Å². The van der Waals surface area contributed by atoms with Crippen LogP contribution >= 0.6 is 11.6 Å². The van der Waals surface area contributed by atoms with E-state index < -0.39 is 15.9 Å². The molecule has 1 amide bonds. The van der Waals surface area contributed by atoms with Gasteiger partial charge in [-0.25, -0.2) is 8.42 Å². The Bertz CT molecular complexity index is 1260. The van der Waals surface area contributed by atoms with E-state index in [1.165, 1.54) is 16.4 Å². The molecule has 0 atom stereocenters. The van der Waals surface area contributed by atoms with Crippen LogP contribution in [0.2, 0.25) is 5.02 Å². The molecule has 0 bridgehead atoms. The molecule has 0 saturated carbocycles. The summed E-state index contributed by atoms with van der Waals surface area (Å²) < 4.78 is 33.9. The fraction of sp³-hybridized carbons (Fsp3) is 0.240. The average molecular weight is 500 g/mol. The van der Waals surface area contributed by atoms with Gasteiger partial charge in [0.2, 0.25) is 10.0 Å². The molecule has 4 rings (SSSR count). The number of nitrogens with zero attached hydrogens (tertiary/aromatic N) is 2. The molecule has 1 heterocycles. The zero-order valence-corrected chi connectivity index (χ0v) is 20.3. The summed E-state index contributed by atoms with van der Waals surface area (Å²) in [5, 5.41) is 3.20. The molecular formula is C25H26ClN3O4S. The van der Waals surface area contributed by atoms with Crippen molar-refractivity contribution in [3.8, 4) is 5.75 Å². The van der Waals surface area contributed by atoms with Crippen molar-refractivity contribution in [2.45, 2.75) is 11.8 Å². The highest BCUT2D eigenvalue weighted by Crippen LogP contribution is 2.30. The Kier molecular flexibility index (Phi) is 7.41. The number of para-hydroxylation sites is 1. The van der Waals surface area contributed by atoms with Gasteiger partial charge in [0.1, 0.15) is 5.75 Å². The first-order valence-corrected chi connectivity index (χ1v) is 12.8. The lowest BCUT2D eigenvalue weighted by Gasteiger charge is -2.35. The van der Waals surface area contributed by atoms with Crippen LogP contribution in [0.4, 0.5) is 11.4 Å². The number of benzene rings is 3. The lowest BCUT2D eigenvalue weighted by Crippen LogP contribution is -2.48. The van der Waals surface area contributed by atoms with E-state index in [2.05, 4.69) is 10.2 Å². The maximum atomic E-state index is 13.4. The molecule has 0 radical (unpaired) electrons. The molecule has 178 valence electrons. The van der Waals surface area contributed by atoms with Gasteiger partial charge in [-0.2, -0.15) is 4.31 Å². The van der Waals surface area contributed by atoms with E-state index >= 15 is 0 Å². The van der Waals surface area contributed by atoms with E-state index in [0.717, 1.165) is 5.69 Å². The fourth-order valence-electron chi connectivity index (χ4n) is 3.85. The number of ether oxygens (including phenoxy) is 1. The quantitative estimate of drug-likeness (QED) is 0.517. The number of anilines is 2. The number of carbonyl (C=O) groups excluding carboxylic acids is 1. The van der Waals surface area contributed by atoms with Crippen LogP contribution < -0.4 is 15.0 Å². The van der Waals surface area contributed by atoms with Gasteiger partial charge < -0.3 is 15.0 Å². The summed E-state index contributed by atoms with van der Waals surface area (Å²) in [4.78, 5) is 15.0. The molecule has 1 aliphatic rings. The van der Waals surface area contributed by atoms with Gasteiger partial charge in [-0.3, -0.25) is 4.79 Å². The second kappa shape index (κ2) is 10.5. The minimum absolute atomic E-state index is 0.102. The van der Waals surface area contributed by atoms with Crippen LogP contribution in [0.3, 0.4) is 0 Å². The number of amides is 1. The third-order valence-corrected chi connectivity index (χ3v) is 7.71. The first kappa shape index (κ1) is 24.1. The van der Waals surface area contributed by atoms with Crippen molar-refractivity contribution in [3.05, 3.63) is 83.4 Å². The number of carbonyl (C=O) groups is 1. The van der Waals surface area contributed by atoms with E-state index in [-0.39, 0.29) is 10.6 Å². The minimum atomic E-state index is -3.75. The monoisotopic (exact) mass is 499 g/mol. The molecule has 34 heavy (non-hydrogen) atoms. The molecule has 7 nitrogen and oxygen atoms in total. The molecule has 1 aliphatic heterocycles.